The number of hydrogen-bond donors (Lipinski definition) is 2. The van der Waals surface area contributed by atoms with E-state index in [0.717, 1.165) is 23.3 Å². The maximum Gasteiger partial charge on any atom is 0.259 e. The first-order chi connectivity index (χ1) is 14.5. The van der Waals surface area contributed by atoms with Crippen molar-refractivity contribution in [3.8, 4) is 5.75 Å². The average Bonchev–Trinajstić information content (AvgIpc) is 3.21. The summed E-state index contributed by atoms with van der Waals surface area (Å²) in [5.41, 5.74) is 3.24. The minimum Gasteiger partial charge on any atom is -0.492 e. The molecule has 8 heteroatoms. The minimum atomic E-state index is -3.66. The smallest absolute Gasteiger partial charge is 0.259 e. The molecule has 7 nitrogen and oxygen atoms in total. The number of nitrogens with one attached hydrogen (secondary N) is 2. The summed E-state index contributed by atoms with van der Waals surface area (Å²) in [4.78, 5) is 3.93. The molecule has 1 aromatic heterocycles. The number of hydrogen-bond acceptors (Lipinski definition) is 5. The van der Waals surface area contributed by atoms with Gasteiger partial charge in [0.25, 0.3) is 10.0 Å². The molecule has 0 saturated heterocycles. The molecule has 3 aromatic rings. The van der Waals surface area contributed by atoms with Crippen LogP contribution in [0.3, 0.4) is 0 Å². The maximum atomic E-state index is 12.5. The van der Waals surface area contributed by atoms with Gasteiger partial charge in [-0.15, -0.1) is 0 Å². The zero-order chi connectivity index (χ0) is 21.1. The third kappa shape index (κ3) is 4.40. The summed E-state index contributed by atoms with van der Waals surface area (Å²) >= 11 is 0. The van der Waals surface area contributed by atoms with Crippen molar-refractivity contribution in [2.45, 2.75) is 30.0 Å². The SMILES string of the molecule is CNC1COc2ccc(CNS(=O)(=O)c3cn(C)cn3)cc2C1Cc1ccccc1. The summed E-state index contributed by atoms with van der Waals surface area (Å²) in [6, 6.07) is 16.4. The molecule has 0 amide bonds. The standard InChI is InChI=1S/C22H26N4O3S/c1-23-20-14-29-21-9-8-17(12-25-30(27,28)22-13-26(2)15-24-22)11-19(21)18(20)10-16-6-4-3-5-7-16/h3-9,11,13,15,18,20,23,25H,10,12,14H2,1-2H3. The van der Waals surface area contributed by atoms with Crippen molar-refractivity contribution in [2.24, 2.45) is 7.05 Å². The molecule has 0 fully saturated rings. The van der Waals surface area contributed by atoms with Gasteiger partial charge in [-0.1, -0.05) is 42.5 Å². The molecule has 158 valence electrons. The highest BCUT2D eigenvalue weighted by molar-refractivity contribution is 7.89. The molecule has 1 aliphatic heterocycles. The quantitative estimate of drug-likeness (QED) is 0.605. The number of imidazole rings is 1. The van der Waals surface area contributed by atoms with Gasteiger partial charge >= 0.3 is 0 Å². The first-order valence-electron chi connectivity index (χ1n) is 9.91. The molecule has 2 N–H and O–H groups in total. The van der Waals surface area contributed by atoms with Crippen molar-refractivity contribution in [1.29, 1.82) is 0 Å². The lowest BCUT2D eigenvalue weighted by Gasteiger charge is -2.34. The fraction of sp³-hybridized carbons (Fsp3) is 0.318. The summed E-state index contributed by atoms with van der Waals surface area (Å²) < 4.78 is 35.2. The van der Waals surface area contributed by atoms with Crippen molar-refractivity contribution in [1.82, 2.24) is 19.6 Å². The van der Waals surface area contributed by atoms with Crippen molar-refractivity contribution in [3.05, 3.63) is 77.7 Å². The third-order valence-corrected chi connectivity index (χ3v) is 6.76. The van der Waals surface area contributed by atoms with Crippen LogP contribution in [0.25, 0.3) is 0 Å². The number of aromatic nitrogens is 2. The van der Waals surface area contributed by atoms with Crippen LogP contribution in [-0.4, -0.2) is 37.7 Å². The first kappa shape index (κ1) is 20.6. The molecular formula is C22H26N4O3S. The van der Waals surface area contributed by atoms with Crippen LogP contribution < -0.4 is 14.8 Å². The van der Waals surface area contributed by atoms with E-state index in [-0.39, 0.29) is 23.5 Å². The van der Waals surface area contributed by atoms with Crippen molar-refractivity contribution >= 4 is 10.0 Å². The van der Waals surface area contributed by atoms with Gasteiger partial charge < -0.3 is 14.6 Å². The number of sulfonamides is 1. The lowest BCUT2D eigenvalue weighted by atomic mass is 9.83. The Labute approximate surface area is 177 Å². The maximum absolute atomic E-state index is 12.5. The number of rotatable bonds is 7. The zero-order valence-corrected chi connectivity index (χ0v) is 17.9. The molecule has 1 aliphatic rings. The van der Waals surface area contributed by atoms with Crippen molar-refractivity contribution in [2.75, 3.05) is 13.7 Å². The highest BCUT2D eigenvalue weighted by Crippen LogP contribution is 2.36. The molecule has 0 radical (unpaired) electrons. The molecule has 0 spiro atoms. The average molecular weight is 427 g/mol. The van der Waals surface area contributed by atoms with E-state index in [1.165, 1.54) is 18.1 Å². The lowest BCUT2D eigenvalue weighted by Crippen LogP contribution is -2.41. The number of likely N-dealkylation sites (N-methyl/N-ethyl adjacent to an activating group) is 1. The summed E-state index contributed by atoms with van der Waals surface area (Å²) in [6.45, 7) is 0.793. The van der Waals surface area contributed by atoms with Crippen LogP contribution in [-0.2, 0) is 30.0 Å². The Morgan fingerprint density at radius 1 is 1.17 bits per heavy atom. The van der Waals surface area contributed by atoms with Crippen LogP contribution in [0, 0.1) is 0 Å². The van der Waals surface area contributed by atoms with Gasteiger partial charge in [-0.05, 0) is 36.2 Å². The van der Waals surface area contributed by atoms with Gasteiger partial charge in [0.05, 0.1) is 6.33 Å². The molecule has 4 rings (SSSR count). The Bertz CT molecular complexity index is 1110. The van der Waals surface area contributed by atoms with Gasteiger partial charge in [0.1, 0.15) is 12.4 Å². The summed E-state index contributed by atoms with van der Waals surface area (Å²) in [5.74, 6) is 1.09. The summed E-state index contributed by atoms with van der Waals surface area (Å²) in [5, 5.41) is 3.38. The predicted octanol–water partition coefficient (Wildman–Crippen LogP) is 2.21. The monoisotopic (exact) mass is 426 g/mol. The topological polar surface area (TPSA) is 85.3 Å². The number of benzene rings is 2. The normalized spacial score (nSPS) is 18.6. The van der Waals surface area contributed by atoms with Crippen LogP contribution in [0.5, 0.6) is 5.75 Å². The van der Waals surface area contributed by atoms with Crippen molar-refractivity contribution in [3.63, 3.8) is 0 Å². The van der Waals surface area contributed by atoms with Gasteiger partial charge in [-0.2, -0.15) is 0 Å². The molecule has 0 saturated carbocycles. The van der Waals surface area contributed by atoms with E-state index in [0.29, 0.717) is 6.61 Å². The Kier molecular flexibility index (Phi) is 5.90. The van der Waals surface area contributed by atoms with Gasteiger partial charge in [0.15, 0.2) is 5.03 Å². The van der Waals surface area contributed by atoms with E-state index in [1.54, 1.807) is 11.6 Å². The number of aryl methyl sites for hydroxylation is 1. The molecular weight excluding hydrogens is 400 g/mol. The number of nitrogens with zero attached hydrogens (tertiary/aromatic N) is 2. The minimum absolute atomic E-state index is 0.0171. The van der Waals surface area contributed by atoms with Crippen molar-refractivity contribution < 1.29 is 13.2 Å². The Balaban J connectivity index is 1.57. The second kappa shape index (κ2) is 8.59. The predicted molar refractivity (Wildman–Crippen MR) is 115 cm³/mol. The second-order valence-electron chi connectivity index (χ2n) is 7.58. The van der Waals surface area contributed by atoms with E-state index in [4.69, 9.17) is 4.74 Å². The van der Waals surface area contributed by atoms with Crippen LogP contribution in [0.15, 0.2) is 66.1 Å². The lowest BCUT2D eigenvalue weighted by molar-refractivity contribution is 0.218. The van der Waals surface area contributed by atoms with E-state index in [1.807, 2.05) is 43.4 Å². The Morgan fingerprint density at radius 2 is 1.97 bits per heavy atom. The number of fused-ring (bicyclic) bond motifs is 1. The van der Waals surface area contributed by atoms with Gasteiger partial charge in [0, 0.05) is 31.7 Å². The summed E-state index contributed by atoms with van der Waals surface area (Å²) in [6.07, 6.45) is 3.83. The Morgan fingerprint density at radius 3 is 2.67 bits per heavy atom. The van der Waals surface area contributed by atoms with E-state index in [2.05, 4.69) is 27.2 Å². The summed E-state index contributed by atoms with van der Waals surface area (Å²) in [7, 11) is 0.0210. The molecule has 0 aliphatic carbocycles. The highest BCUT2D eigenvalue weighted by Gasteiger charge is 2.30. The fourth-order valence-electron chi connectivity index (χ4n) is 3.83. The van der Waals surface area contributed by atoms with Gasteiger partial charge in [-0.25, -0.2) is 18.1 Å². The zero-order valence-electron chi connectivity index (χ0n) is 17.1. The molecule has 2 unspecified atom stereocenters. The molecule has 2 atom stereocenters. The largest absolute Gasteiger partial charge is 0.492 e. The fourth-order valence-corrected chi connectivity index (χ4v) is 4.82. The van der Waals surface area contributed by atoms with Crippen LogP contribution in [0.2, 0.25) is 0 Å². The molecule has 0 bridgehead atoms. The molecule has 2 heterocycles. The first-order valence-corrected chi connectivity index (χ1v) is 11.4. The van der Waals surface area contributed by atoms with Crippen LogP contribution in [0.4, 0.5) is 0 Å². The van der Waals surface area contributed by atoms with E-state index < -0.39 is 10.0 Å². The Hall–Kier alpha value is -2.68. The van der Waals surface area contributed by atoms with E-state index in [9.17, 15) is 8.42 Å². The molecule has 30 heavy (non-hydrogen) atoms. The van der Waals surface area contributed by atoms with Gasteiger partial charge in [0.2, 0.25) is 0 Å². The third-order valence-electron chi connectivity index (χ3n) is 5.47. The second-order valence-corrected chi connectivity index (χ2v) is 9.29. The molecule has 2 aromatic carbocycles. The van der Waals surface area contributed by atoms with E-state index >= 15 is 0 Å². The number of ether oxygens (including phenoxy) is 1. The highest BCUT2D eigenvalue weighted by atomic mass is 32.2. The van der Waals surface area contributed by atoms with Gasteiger partial charge in [-0.3, -0.25) is 0 Å². The van der Waals surface area contributed by atoms with Crippen LogP contribution >= 0.6 is 0 Å². The van der Waals surface area contributed by atoms with Crippen LogP contribution in [0.1, 0.15) is 22.6 Å².